The minimum Gasteiger partial charge on any atom is -0.493 e. The van der Waals surface area contributed by atoms with Crippen molar-refractivity contribution in [3.8, 4) is 23.3 Å². The van der Waals surface area contributed by atoms with Crippen molar-refractivity contribution in [2.24, 2.45) is 0 Å². The van der Waals surface area contributed by atoms with Crippen molar-refractivity contribution >= 4 is 44.4 Å². The van der Waals surface area contributed by atoms with Crippen LogP contribution in [0.25, 0.3) is 6.08 Å². The number of aryl methyl sites for hydroxylation is 1. The first kappa shape index (κ1) is 24.2. The van der Waals surface area contributed by atoms with E-state index < -0.39 is 5.91 Å². The molecule has 2 aromatic carbocycles. The highest BCUT2D eigenvalue weighted by Gasteiger charge is 2.13. The summed E-state index contributed by atoms with van der Waals surface area (Å²) < 4.78 is 17.8. The van der Waals surface area contributed by atoms with Gasteiger partial charge in [-0.25, -0.2) is 0 Å². The van der Waals surface area contributed by atoms with Crippen LogP contribution >= 0.6 is 27.3 Å². The highest BCUT2D eigenvalue weighted by molar-refractivity contribution is 9.10. The largest absolute Gasteiger partial charge is 0.493 e. The van der Waals surface area contributed by atoms with Crippen LogP contribution in [0.4, 0.5) is 5.13 Å². The van der Waals surface area contributed by atoms with Gasteiger partial charge in [0, 0.05) is 4.47 Å². The van der Waals surface area contributed by atoms with Crippen molar-refractivity contribution in [2.45, 2.75) is 13.3 Å². The van der Waals surface area contributed by atoms with Crippen LogP contribution in [0.1, 0.15) is 17.5 Å². The number of hydrogen-bond donors (Lipinski definition) is 1. The Labute approximate surface area is 204 Å². The number of nitrogens with zero attached hydrogens (tertiary/aromatic N) is 3. The number of hydrogen-bond acceptors (Lipinski definition) is 8. The zero-order chi connectivity index (χ0) is 23.6. The number of nitriles is 1. The predicted octanol–water partition coefficient (Wildman–Crippen LogP) is 4.88. The van der Waals surface area contributed by atoms with Crippen molar-refractivity contribution in [1.29, 1.82) is 5.26 Å². The number of nitrogens with one attached hydrogen (secondary N) is 1. The molecule has 1 amide bonds. The minimum absolute atomic E-state index is 0.0677. The third-order valence-electron chi connectivity index (χ3n) is 4.28. The maximum atomic E-state index is 12.4. The number of rotatable bonds is 10. The minimum atomic E-state index is -0.555. The second-order valence-electron chi connectivity index (χ2n) is 6.54. The highest BCUT2D eigenvalue weighted by atomic mass is 79.9. The number of carbonyl (C=O) groups excluding carboxylic acids is 1. The number of methoxy groups -OCH3 is 1. The third kappa shape index (κ3) is 7.03. The zero-order valence-corrected chi connectivity index (χ0v) is 20.4. The van der Waals surface area contributed by atoms with Crippen LogP contribution in [0.3, 0.4) is 0 Å². The molecule has 3 aromatic rings. The average Bonchev–Trinajstić information content (AvgIpc) is 3.29. The van der Waals surface area contributed by atoms with Gasteiger partial charge in [-0.3, -0.25) is 10.1 Å². The number of ether oxygens (including phenoxy) is 3. The molecule has 8 nitrogen and oxygen atoms in total. The molecule has 1 heterocycles. The van der Waals surface area contributed by atoms with Crippen LogP contribution in [-0.4, -0.2) is 36.4 Å². The van der Waals surface area contributed by atoms with Crippen molar-refractivity contribution in [2.75, 3.05) is 25.6 Å². The van der Waals surface area contributed by atoms with Gasteiger partial charge in [-0.05, 0) is 54.5 Å². The Kier molecular flexibility index (Phi) is 8.80. The molecule has 0 spiro atoms. The first-order chi connectivity index (χ1) is 16.0. The Morgan fingerprint density at radius 3 is 2.58 bits per heavy atom. The molecule has 0 aliphatic heterocycles. The van der Waals surface area contributed by atoms with Crippen LogP contribution in [0.2, 0.25) is 0 Å². The van der Waals surface area contributed by atoms with E-state index >= 15 is 0 Å². The van der Waals surface area contributed by atoms with Gasteiger partial charge in [0.15, 0.2) is 11.5 Å². The zero-order valence-electron chi connectivity index (χ0n) is 18.0. The van der Waals surface area contributed by atoms with E-state index in [1.54, 1.807) is 18.2 Å². The topological polar surface area (TPSA) is 106 Å². The molecule has 0 aliphatic rings. The quantitative estimate of drug-likeness (QED) is 0.227. The third-order valence-corrected chi connectivity index (χ3v) is 5.79. The SMILES string of the molecule is CCc1nnc(NC(=O)C(C#N)=Cc2ccc(OCCOc3ccc(Br)cc3)c(OC)c2)s1. The van der Waals surface area contributed by atoms with Crippen LogP contribution in [0.15, 0.2) is 52.5 Å². The number of halogens is 1. The van der Waals surface area contributed by atoms with Crippen molar-refractivity contribution in [3.05, 3.63) is 63.1 Å². The number of benzene rings is 2. The summed E-state index contributed by atoms with van der Waals surface area (Å²) in [7, 11) is 1.52. The number of anilines is 1. The Bertz CT molecular complexity index is 1170. The first-order valence-corrected chi connectivity index (χ1v) is 11.6. The summed E-state index contributed by atoms with van der Waals surface area (Å²) in [4.78, 5) is 12.4. The molecule has 170 valence electrons. The molecule has 33 heavy (non-hydrogen) atoms. The van der Waals surface area contributed by atoms with E-state index in [0.717, 1.165) is 21.7 Å². The van der Waals surface area contributed by atoms with Crippen LogP contribution < -0.4 is 19.5 Å². The average molecular weight is 529 g/mol. The van der Waals surface area contributed by atoms with E-state index in [9.17, 15) is 10.1 Å². The maximum Gasteiger partial charge on any atom is 0.268 e. The summed E-state index contributed by atoms with van der Waals surface area (Å²) in [6, 6.07) is 14.6. The summed E-state index contributed by atoms with van der Waals surface area (Å²) in [6.45, 7) is 2.62. The molecule has 0 saturated heterocycles. The fourth-order valence-electron chi connectivity index (χ4n) is 2.66. The molecule has 0 radical (unpaired) electrons. The molecule has 1 N–H and O–H groups in total. The van der Waals surface area contributed by atoms with E-state index in [1.807, 2.05) is 37.3 Å². The lowest BCUT2D eigenvalue weighted by Gasteiger charge is -2.12. The maximum absolute atomic E-state index is 12.4. The van der Waals surface area contributed by atoms with Gasteiger partial charge in [0.1, 0.15) is 35.6 Å². The number of amides is 1. The highest BCUT2D eigenvalue weighted by Crippen LogP contribution is 2.29. The lowest BCUT2D eigenvalue weighted by atomic mass is 10.1. The molecular weight excluding hydrogens is 508 g/mol. The van der Waals surface area contributed by atoms with Crippen LogP contribution in [0, 0.1) is 11.3 Å². The monoisotopic (exact) mass is 528 g/mol. The fraction of sp³-hybridized carbons (Fsp3) is 0.217. The van der Waals surface area contributed by atoms with Crippen LogP contribution in [-0.2, 0) is 11.2 Å². The van der Waals surface area contributed by atoms with Gasteiger partial charge in [-0.1, -0.05) is 40.3 Å². The second kappa shape index (κ2) is 12.0. The normalized spacial score (nSPS) is 10.9. The molecule has 0 bridgehead atoms. The van der Waals surface area contributed by atoms with Gasteiger partial charge in [0.05, 0.1) is 7.11 Å². The fourth-order valence-corrected chi connectivity index (χ4v) is 3.60. The van der Waals surface area contributed by atoms with Gasteiger partial charge in [-0.2, -0.15) is 5.26 Å². The van der Waals surface area contributed by atoms with E-state index in [-0.39, 0.29) is 5.57 Å². The standard InChI is InChI=1S/C23H21BrN4O4S/c1-3-21-27-28-23(33-21)26-22(29)16(14-25)12-15-4-9-19(20(13-15)30-2)32-11-10-31-18-7-5-17(24)6-8-18/h4-9,12-13H,3,10-11H2,1-2H3,(H,26,28,29). The van der Waals surface area contributed by atoms with Crippen molar-refractivity contribution < 1.29 is 19.0 Å². The van der Waals surface area contributed by atoms with Gasteiger partial charge in [-0.15, -0.1) is 10.2 Å². The summed E-state index contributed by atoms with van der Waals surface area (Å²) >= 11 is 4.65. The van der Waals surface area contributed by atoms with Gasteiger partial charge < -0.3 is 14.2 Å². The molecule has 1 aromatic heterocycles. The summed E-state index contributed by atoms with van der Waals surface area (Å²) in [5.41, 5.74) is 0.547. The first-order valence-electron chi connectivity index (χ1n) is 9.97. The Morgan fingerprint density at radius 1 is 1.15 bits per heavy atom. The van der Waals surface area contributed by atoms with Gasteiger partial charge in [0.2, 0.25) is 5.13 Å². The predicted molar refractivity (Wildman–Crippen MR) is 130 cm³/mol. The molecule has 10 heteroatoms. The molecule has 0 unspecified atom stereocenters. The van der Waals surface area contributed by atoms with E-state index in [1.165, 1.54) is 24.5 Å². The molecular formula is C23H21BrN4O4S. The number of aromatic nitrogens is 2. The Morgan fingerprint density at radius 2 is 1.91 bits per heavy atom. The summed E-state index contributed by atoms with van der Waals surface area (Å²) in [5.74, 6) is 1.19. The molecule has 0 atom stereocenters. The Hall–Kier alpha value is -3.42. The lowest BCUT2D eigenvalue weighted by molar-refractivity contribution is -0.112. The van der Waals surface area contributed by atoms with Crippen molar-refractivity contribution in [3.63, 3.8) is 0 Å². The van der Waals surface area contributed by atoms with E-state index in [4.69, 9.17) is 14.2 Å². The smallest absolute Gasteiger partial charge is 0.268 e. The van der Waals surface area contributed by atoms with E-state index in [0.29, 0.717) is 35.4 Å². The summed E-state index contributed by atoms with van der Waals surface area (Å²) in [6.07, 6.45) is 2.19. The van der Waals surface area contributed by atoms with Gasteiger partial charge in [0.25, 0.3) is 5.91 Å². The summed E-state index contributed by atoms with van der Waals surface area (Å²) in [5, 5.41) is 21.0. The molecule has 3 rings (SSSR count). The molecule has 0 saturated carbocycles. The number of carbonyl (C=O) groups is 1. The second-order valence-corrected chi connectivity index (χ2v) is 8.52. The van der Waals surface area contributed by atoms with Gasteiger partial charge >= 0.3 is 0 Å². The van der Waals surface area contributed by atoms with E-state index in [2.05, 4.69) is 31.4 Å². The van der Waals surface area contributed by atoms with Crippen molar-refractivity contribution in [1.82, 2.24) is 10.2 Å². The van der Waals surface area contributed by atoms with Crippen LogP contribution in [0.5, 0.6) is 17.2 Å². The molecule has 0 fully saturated rings. The Balaban J connectivity index is 1.61. The lowest BCUT2D eigenvalue weighted by Crippen LogP contribution is -2.13. The molecule has 0 aliphatic carbocycles.